The smallest absolute Gasteiger partial charge is 0.331 e. The Balaban J connectivity index is 1.91. The standard InChI is InChI=1S/C12H18F3N3/c1-9-17-10-4-2-3-5-11(10)18(9)7-6-16-8-12(13,14)15/h16H,2-8H2,1H3. The van der Waals surface area contributed by atoms with E-state index in [0.29, 0.717) is 13.1 Å². The van der Waals surface area contributed by atoms with Crippen LogP contribution in [0.4, 0.5) is 13.2 Å². The minimum absolute atomic E-state index is 0.323. The van der Waals surface area contributed by atoms with Gasteiger partial charge in [0.2, 0.25) is 0 Å². The van der Waals surface area contributed by atoms with Crippen molar-refractivity contribution in [1.29, 1.82) is 0 Å². The van der Waals surface area contributed by atoms with E-state index in [2.05, 4.69) is 14.9 Å². The molecule has 0 radical (unpaired) electrons. The van der Waals surface area contributed by atoms with Crippen LogP contribution < -0.4 is 5.32 Å². The molecule has 0 bridgehead atoms. The van der Waals surface area contributed by atoms with Gasteiger partial charge in [-0.15, -0.1) is 0 Å². The molecule has 1 aromatic heterocycles. The van der Waals surface area contributed by atoms with Crippen LogP contribution in [0, 0.1) is 6.92 Å². The molecule has 6 heteroatoms. The summed E-state index contributed by atoms with van der Waals surface area (Å²) in [5.41, 5.74) is 2.35. The molecule has 0 unspecified atom stereocenters. The Morgan fingerprint density at radius 2 is 2.00 bits per heavy atom. The molecular formula is C12H18F3N3. The summed E-state index contributed by atoms with van der Waals surface area (Å²) in [6.45, 7) is 1.87. The number of hydrogen-bond donors (Lipinski definition) is 1. The van der Waals surface area contributed by atoms with Crippen LogP contribution in [0.3, 0.4) is 0 Å². The predicted molar refractivity (Wildman–Crippen MR) is 62.5 cm³/mol. The van der Waals surface area contributed by atoms with Crippen LogP contribution in [0.5, 0.6) is 0 Å². The Hall–Kier alpha value is -1.04. The van der Waals surface area contributed by atoms with E-state index in [1.807, 2.05) is 6.92 Å². The molecule has 102 valence electrons. The molecule has 1 heterocycles. The zero-order valence-corrected chi connectivity index (χ0v) is 10.5. The predicted octanol–water partition coefficient (Wildman–Crippen LogP) is 2.22. The van der Waals surface area contributed by atoms with Gasteiger partial charge in [-0.25, -0.2) is 4.98 Å². The first-order valence-corrected chi connectivity index (χ1v) is 6.30. The average Bonchev–Trinajstić information content (AvgIpc) is 2.59. The Labute approximate surface area is 104 Å². The van der Waals surface area contributed by atoms with E-state index < -0.39 is 12.7 Å². The Kier molecular flexibility index (Phi) is 3.94. The van der Waals surface area contributed by atoms with Crippen LogP contribution in [0.25, 0.3) is 0 Å². The highest BCUT2D eigenvalue weighted by Crippen LogP contribution is 2.21. The summed E-state index contributed by atoms with van der Waals surface area (Å²) in [5.74, 6) is 0.913. The van der Waals surface area contributed by atoms with E-state index in [0.717, 1.165) is 37.2 Å². The van der Waals surface area contributed by atoms with E-state index in [-0.39, 0.29) is 0 Å². The first-order chi connectivity index (χ1) is 8.47. The van der Waals surface area contributed by atoms with E-state index in [4.69, 9.17) is 0 Å². The Morgan fingerprint density at radius 3 is 2.72 bits per heavy atom. The summed E-state index contributed by atoms with van der Waals surface area (Å²) in [6, 6.07) is 0. The van der Waals surface area contributed by atoms with Crippen molar-refractivity contribution >= 4 is 0 Å². The first-order valence-electron chi connectivity index (χ1n) is 6.30. The fraction of sp³-hybridized carbons (Fsp3) is 0.750. The quantitative estimate of drug-likeness (QED) is 0.842. The molecule has 18 heavy (non-hydrogen) atoms. The number of alkyl halides is 3. The number of halogens is 3. The van der Waals surface area contributed by atoms with Gasteiger partial charge in [-0.3, -0.25) is 0 Å². The largest absolute Gasteiger partial charge is 0.401 e. The fourth-order valence-electron chi connectivity index (χ4n) is 2.45. The van der Waals surface area contributed by atoms with Crippen molar-refractivity contribution in [3.63, 3.8) is 0 Å². The number of rotatable bonds is 4. The van der Waals surface area contributed by atoms with Crippen molar-refractivity contribution < 1.29 is 13.2 Å². The van der Waals surface area contributed by atoms with Crippen LogP contribution in [0.1, 0.15) is 30.1 Å². The number of aromatic nitrogens is 2. The topological polar surface area (TPSA) is 29.9 Å². The van der Waals surface area contributed by atoms with E-state index >= 15 is 0 Å². The highest BCUT2D eigenvalue weighted by molar-refractivity contribution is 5.19. The van der Waals surface area contributed by atoms with Crippen LogP contribution in [0.15, 0.2) is 0 Å². The molecule has 2 rings (SSSR count). The molecule has 0 spiro atoms. The second-order valence-electron chi connectivity index (χ2n) is 4.70. The molecule has 0 saturated heterocycles. The van der Waals surface area contributed by atoms with Crippen molar-refractivity contribution in [2.75, 3.05) is 13.1 Å². The first kappa shape index (κ1) is 13.4. The average molecular weight is 261 g/mol. The van der Waals surface area contributed by atoms with Crippen LogP contribution in [0.2, 0.25) is 0 Å². The lowest BCUT2D eigenvalue weighted by atomic mass is 10.0. The Morgan fingerprint density at radius 1 is 1.28 bits per heavy atom. The van der Waals surface area contributed by atoms with Gasteiger partial charge in [0.05, 0.1) is 12.2 Å². The molecule has 3 nitrogen and oxygen atoms in total. The Bertz CT molecular complexity index is 409. The van der Waals surface area contributed by atoms with Gasteiger partial charge in [0.25, 0.3) is 0 Å². The maximum atomic E-state index is 12.0. The van der Waals surface area contributed by atoms with Crippen LogP contribution in [-0.2, 0) is 19.4 Å². The monoisotopic (exact) mass is 261 g/mol. The third-order valence-electron chi connectivity index (χ3n) is 3.26. The number of nitrogens with zero attached hydrogens (tertiary/aromatic N) is 2. The summed E-state index contributed by atoms with van der Waals surface area (Å²) in [5, 5.41) is 2.42. The molecule has 0 fully saturated rings. The van der Waals surface area contributed by atoms with E-state index in [1.54, 1.807) is 0 Å². The normalized spacial score (nSPS) is 15.8. The molecule has 0 amide bonds. The maximum absolute atomic E-state index is 12.0. The second kappa shape index (κ2) is 5.30. The molecule has 1 aliphatic carbocycles. The van der Waals surface area contributed by atoms with Crippen LogP contribution in [-0.4, -0.2) is 28.8 Å². The zero-order chi connectivity index (χ0) is 13.2. The SMILES string of the molecule is Cc1nc2c(n1CCNCC(F)(F)F)CCCC2. The summed E-state index contributed by atoms with van der Waals surface area (Å²) in [4.78, 5) is 4.49. The van der Waals surface area contributed by atoms with Crippen molar-refractivity contribution in [2.24, 2.45) is 0 Å². The number of hydrogen-bond acceptors (Lipinski definition) is 2. The molecule has 0 saturated carbocycles. The fourth-order valence-corrected chi connectivity index (χ4v) is 2.45. The maximum Gasteiger partial charge on any atom is 0.401 e. The molecule has 1 aromatic rings. The summed E-state index contributed by atoms with van der Waals surface area (Å²) in [6.07, 6.45) is 0.169. The summed E-state index contributed by atoms with van der Waals surface area (Å²) < 4.78 is 38.0. The van der Waals surface area contributed by atoms with Crippen molar-refractivity contribution in [1.82, 2.24) is 14.9 Å². The van der Waals surface area contributed by atoms with E-state index in [1.165, 1.54) is 5.69 Å². The lowest BCUT2D eigenvalue weighted by Crippen LogP contribution is -2.31. The minimum atomic E-state index is -4.14. The lowest BCUT2D eigenvalue weighted by molar-refractivity contribution is -0.124. The molecule has 1 N–H and O–H groups in total. The molecule has 0 atom stereocenters. The summed E-state index contributed by atoms with van der Waals surface area (Å²) in [7, 11) is 0. The zero-order valence-electron chi connectivity index (χ0n) is 10.5. The number of aryl methyl sites for hydroxylation is 2. The third-order valence-corrected chi connectivity index (χ3v) is 3.26. The van der Waals surface area contributed by atoms with Gasteiger partial charge in [0.1, 0.15) is 5.82 Å². The van der Waals surface area contributed by atoms with Crippen molar-refractivity contribution in [2.45, 2.75) is 45.3 Å². The molecule has 1 aliphatic rings. The second-order valence-corrected chi connectivity index (χ2v) is 4.70. The van der Waals surface area contributed by atoms with Crippen LogP contribution >= 0.6 is 0 Å². The van der Waals surface area contributed by atoms with Gasteiger partial charge in [-0.05, 0) is 32.6 Å². The highest BCUT2D eigenvalue weighted by atomic mass is 19.4. The lowest BCUT2D eigenvalue weighted by Gasteiger charge is -2.15. The van der Waals surface area contributed by atoms with Gasteiger partial charge < -0.3 is 9.88 Å². The van der Waals surface area contributed by atoms with Crippen molar-refractivity contribution in [3.8, 4) is 0 Å². The van der Waals surface area contributed by atoms with Gasteiger partial charge in [0, 0.05) is 18.8 Å². The molecule has 0 aliphatic heterocycles. The van der Waals surface area contributed by atoms with E-state index in [9.17, 15) is 13.2 Å². The minimum Gasteiger partial charge on any atom is -0.331 e. The highest BCUT2D eigenvalue weighted by Gasteiger charge is 2.26. The van der Waals surface area contributed by atoms with Crippen molar-refractivity contribution in [3.05, 3.63) is 17.2 Å². The number of fused-ring (bicyclic) bond motifs is 1. The molecular weight excluding hydrogens is 243 g/mol. The van der Waals surface area contributed by atoms with Gasteiger partial charge in [-0.2, -0.15) is 13.2 Å². The summed E-state index contributed by atoms with van der Waals surface area (Å²) >= 11 is 0. The van der Waals surface area contributed by atoms with Gasteiger partial charge >= 0.3 is 6.18 Å². The van der Waals surface area contributed by atoms with Gasteiger partial charge in [-0.1, -0.05) is 0 Å². The molecule has 0 aromatic carbocycles. The van der Waals surface area contributed by atoms with Gasteiger partial charge in [0.15, 0.2) is 0 Å². The number of imidazole rings is 1. The third kappa shape index (κ3) is 3.25. The number of nitrogens with one attached hydrogen (secondary N) is 1.